The summed E-state index contributed by atoms with van der Waals surface area (Å²) in [6.07, 6.45) is 0. The van der Waals surface area contributed by atoms with Gasteiger partial charge < -0.3 is 5.32 Å². The molecule has 3 rings (SSSR count). The second-order valence-corrected chi connectivity index (χ2v) is 6.90. The lowest BCUT2D eigenvalue weighted by Crippen LogP contribution is -2.22. The number of nitrogens with zero attached hydrogens (tertiary/aromatic N) is 2. The first-order chi connectivity index (χ1) is 12.0. The van der Waals surface area contributed by atoms with E-state index in [1.165, 1.54) is 15.9 Å². The van der Waals surface area contributed by atoms with Gasteiger partial charge in [0.25, 0.3) is 5.56 Å². The number of nitrogens with one attached hydrogen (secondary N) is 1. The Balaban J connectivity index is 1.77. The normalized spacial score (nSPS) is 11.0. The summed E-state index contributed by atoms with van der Waals surface area (Å²) in [7, 11) is 0. The molecule has 0 unspecified atom stereocenters. The van der Waals surface area contributed by atoms with Crippen LogP contribution in [0, 0.1) is 11.6 Å². The van der Waals surface area contributed by atoms with E-state index in [0.717, 1.165) is 30.0 Å². The Kier molecular flexibility index (Phi) is 5.14. The number of benzene rings is 1. The molecule has 0 spiro atoms. The highest BCUT2D eigenvalue weighted by Crippen LogP contribution is 2.21. The number of amides is 1. The van der Waals surface area contributed by atoms with Crippen LogP contribution in [0.4, 0.5) is 14.5 Å². The molecule has 0 aliphatic rings. The van der Waals surface area contributed by atoms with E-state index in [4.69, 9.17) is 0 Å². The smallest absolute Gasteiger partial charge is 0.272 e. The van der Waals surface area contributed by atoms with Gasteiger partial charge in [-0.15, -0.1) is 11.3 Å². The third kappa shape index (κ3) is 3.72. The van der Waals surface area contributed by atoms with E-state index < -0.39 is 17.5 Å². The van der Waals surface area contributed by atoms with Crippen LogP contribution in [0.15, 0.2) is 39.6 Å². The first kappa shape index (κ1) is 17.6. The summed E-state index contributed by atoms with van der Waals surface area (Å²) in [4.78, 5) is 28.8. The van der Waals surface area contributed by atoms with Crippen LogP contribution in [0.2, 0.25) is 0 Å². The van der Waals surface area contributed by atoms with Crippen molar-refractivity contribution < 1.29 is 13.6 Å². The maximum Gasteiger partial charge on any atom is 0.272 e. The van der Waals surface area contributed by atoms with E-state index in [9.17, 15) is 18.4 Å². The number of halogens is 2. The lowest BCUT2D eigenvalue weighted by Gasteiger charge is -2.10. The van der Waals surface area contributed by atoms with Crippen LogP contribution < -0.4 is 10.9 Å². The Labute approximate surface area is 149 Å². The predicted octanol–water partition coefficient (Wildman–Crippen LogP) is 3.49. The molecule has 9 heteroatoms. The molecule has 0 aliphatic carbocycles. The highest BCUT2D eigenvalue weighted by atomic mass is 32.2. The topological polar surface area (TPSA) is 64.0 Å². The SMILES string of the molecule is CCn1c(SCC(=O)Nc2cc(F)ccc2F)nc2ccsc2c1=O. The van der Waals surface area contributed by atoms with Crippen LogP contribution in [0.3, 0.4) is 0 Å². The number of aromatic nitrogens is 2. The molecule has 1 N–H and O–H groups in total. The van der Waals surface area contributed by atoms with Crippen molar-refractivity contribution in [2.45, 2.75) is 18.6 Å². The van der Waals surface area contributed by atoms with Crippen LogP contribution in [0.1, 0.15) is 6.92 Å². The molecule has 130 valence electrons. The van der Waals surface area contributed by atoms with Gasteiger partial charge in [-0.05, 0) is 30.5 Å². The Morgan fingerprint density at radius 2 is 2.16 bits per heavy atom. The van der Waals surface area contributed by atoms with Gasteiger partial charge in [-0.2, -0.15) is 0 Å². The van der Waals surface area contributed by atoms with Crippen LogP contribution in [-0.2, 0) is 11.3 Å². The lowest BCUT2D eigenvalue weighted by molar-refractivity contribution is -0.113. The summed E-state index contributed by atoms with van der Waals surface area (Å²) in [6.45, 7) is 2.23. The standard InChI is InChI=1S/C16H13F2N3O2S2/c1-2-21-15(23)14-11(5-6-24-14)20-16(21)25-8-13(22)19-12-7-9(17)3-4-10(12)18/h3-7H,2,8H2,1H3,(H,19,22). The van der Waals surface area contributed by atoms with Crippen molar-refractivity contribution in [1.29, 1.82) is 0 Å². The van der Waals surface area contributed by atoms with Crippen LogP contribution in [-0.4, -0.2) is 21.2 Å². The number of thioether (sulfide) groups is 1. The second-order valence-electron chi connectivity index (χ2n) is 5.04. The van der Waals surface area contributed by atoms with Crippen LogP contribution >= 0.6 is 23.1 Å². The summed E-state index contributed by atoms with van der Waals surface area (Å²) in [6, 6.07) is 4.57. The van der Waals surface area contributed by atoms with Gasteiger partial charge >= 0.3 is 0 Å². The summed E-state index contributed by atoms with van der Waals surface area (Å²) in [5.74, 6) is -1.97. The average molecular weight is 381 g/mol. The zero-order chi connectivity index (χ0) is 18.0. The van der Waals surface area contributed by atoms with Crippen molar-refractivity contribution in [2.75, 3.05) is 11.1 Å². The maximum atomic E-state index is 13.6. The number of hydrogen-bond donors (Lipinski definition) is 1. The summed E-state index contributed by atoms with van der Waals surface area (Å²) in [5.41, 5.74) is 0.208. The van der Waals surface area contributed by atoms with E-state index in [2.05, 4.69) is 10.3 Å². The molecule has 5 nitrogen and oxygen atoms in total. The molecule has 0 atom stereocenters. The van der Waals surface area contributed by atoms with Crippen molar-refractivity contribution in [3.63, 3.8) is 0 Å². The predicted molar refractivity (Wildman–Crippen MR) is 95.3 cm³/mol. The van der Waals surface area contributed by atoms with Gasteiger partial charge in [0.05, 0.1) is 17.0 Å². The van der Waals surface area contributed by atoms with E-state index in [-0.39, 0.29) is 17.0 Å². The number of rotatable bonds is 5. The molecule has 1 aromatic carbocycles. The van der Waals surface area contributed by atoms with E-state index >= 15 is 0 Å². The fourth-order valence-corrected chi connectivity index (χ4v) is 3.86. The highest BCUT2D eigenvalue weighted by Gasteiger charge is 2.14. The zero-order valence-corrected chi connectivity index (χ0v) is 14.7. The molecule has 2 aromatic heterocycles. The molecule has 0 aliphatic heterocycles. The van der Waals surface area contributed by atoms with Crippen molar-refractivity contribution in [1.82, 2.24) is 9.55 Å². The van der Waals surface area contributed by atoms with Gasteiger partial charge in [0.1, 0.15) is 16.3 Å². The fourth-order valence-electron chi connectivity index (χ4n) is 2.22. The molecule has 2 heterocycles. The Morgan fingerprint density at radius 3 is 2.92 bits per heavy atom. The summed E-state index contributed by atoms with van der Waals surface area (Å²) < 4.78 is 28.8. The van der Waals surface area contributed by atoms with Crippen LogP contribution in [0.5, 0.6) is 0 Å². The third-order valence-electron chi connectivity index (χ3n) is 3.38. The summed E-state index contributed by atoms with van der Waals surface area (Å²) in [5, 5.41) is 4.51. The molecule has 0 saturated carbocycles. The zero-order valence-electron chi connectivity index (χ0n) is 13.1. The van der Waals surface area contributed by atoms with Gasteiger partial charge in [0.15, 0.2) is 5.16 Å². The number of fused-ring (bicyclic) bond motifs is 1. The molecular weight excluding hydrogens is 368 g/mol. The molecule has 1 amide bonds. The minimum absolute atomic E-state index is 0.0853. The van der Waals surface area contributed by atoms with Crippen molar-refractivity contribution in [3.05, 3.63) is 51.6 Å². The molecule has 25 heavy (non-hydrogen) atoms. The summed E-state index contributed by atoms with van der Waals surface area (Å²) >= 11 is 2.39. The number of hydrogen-bond acceptors (Lipinski definition) is 5. The molecule has 0 fully saturated rings. The maximum absolute atomic E-state index is 13.6. The highest BCUT2D eigenvalue weighted by molar-refractivity contribution is 7.99. The Morgan fingerprint density at radius 1 is 1.36 bits per heavy atom. The van der Waals surface area contributed by atoms with E-state index in [1.54, 1.807) is 11.4 Å². The number of carbonyl (C=O) groups excluding carboxylic acids is 1. The number of anilines is 1. The van der Waals surface area contributed by atoms with Gasteiger partial charge in [0.2, 0.25) is 5.91 Å². The van der Waals surface area contributed by atoms with Gasteiger partial charge in [-0.1, -0.05) is 11.8 Å². The van der Waals surface area contributed by atoms with Gasteiger partial charge in [0, 0.05) is 12.6 Å². The number of thiophene rings is 1. The largest absolute Gasteiger partial charge is 0.323 e. The minimum atomic E-state index is -0.719. The van der Waals surface area contributed by atoms with Gasteiger partial charge in [-0.3, -0.25) is 14.2 Å². The average Bonchev–Trinajstić information content (AvgIpc) is 3.05. The molecule has 0 saturated heterocycles. The quantitative estimate of drug-likeness (QED) is 0.543. The number of carbonyl (C=O) groups is 1. The lowest BCUT2D eigenvalue weighted by atomic mass is 10.3. The first-order valence-corrected chi connectivity index (χ1v) is 9.22. The molecule has 0 radical (unpaired) electrons. The van der Waals surface area contributed by atoms with Crippen molar-refractivity contribution >= 4 is 44.9 Å². The molecular formula is C16H13F2N3O2S2. The second kappa shape index (κ2) is 7.32. The van der Waals surface area contributed by atoms with Crippen molar-refractivity contribution in [2.24, 2.45) is 0 Å². The monoisotopic (exact) mass is 381 g/mol. The Bertz CT molecular complexity index is 1000. The van der Waals surface area contributed by atoms with Crippen molar-refractivity contribution in [3.8, 4) is 0 Å². The molecule has 0 bridgehead atoms. The van der Waals surface area contributed by atoms with E-state index in [0.29, 0.717) is 21.9 Å². The Hall–Kier alpha value is -2.26. The van der Waals surface area contributed by atoms with E-state index in [1.807, 2.05) is 6.92 Å². The first-order valence-electron chi connectivity index (χ1n) is 7.35. The van der Waals surface area contributed by atoms with Crippen LogP contribution in [0.25, 0.3) is 10.2 Å². The fraction of sp³-hybridized carbons (Fsp3) is 0.188. The van der Waals surface area contributed by atoms with Gasteiger partial charge in [-0.25, -0.2) is 13.8 Å². The minimum Gasteiger partial charge on any atom is -0.323 e. The molecule has 3 aromatic rings. The third-order valence-corrected chi connectivity index (χ3v) is 5.25.